The second-order valence-electron chi connectivity index (χ2n) is 3.69. The number of amides is 1. The Bertz CT molecular complexity index is 647. The lowest BCUT2D eigenvalue weighted by Gasteiger charge is -2.10. The first-order valence-corrected chi connectivity index (χ1v) is 6.74. The summed E-state index contributed by atoms with van der Waals surface area (Å²) in [5.41, 5.74) is 5.48. The van der Waals surface area contributed by atoms with Crippen LogP contribution in [0.1, 0.15) is 10.4 Å². The number of halogens is 3. The number of carbonyl (C=O) groups is 1. The van der Waals surface area contributed by atoms with E-state index in [0.717, 1.165) is 4.47 Å². The summed E-state index contributed by atoms with van der Waals surface area (Å²) in [5, 5.41) is 0.741. The third kappa shape index (κ3) is 3.41. The Morgan fingerprint density at radius 1 is 1.05 bits per heavy atom. The predicted molar refractivity (Wildman–Crippen MR) is 79.2 cm³/mol. The third-order valence-electron chi connectivity index (χ3n) is 2.33. The molecule has 98 valence electrons. The van der Waals surface area contributed by atoms with Gasteiger partial charge in [0.1, 0.15) is 11.5 Å². The van der Waals surface area contributed by atoms with E-state index < -0.39 is 5.91 Å². The molecule has 0 aliphatic carbocycles. The monoisotopic (exact) mass is 359 g/mol. The minimum absolute atomic E-state index is 0.285. The van der Waals surface area contributed by atoms with Gasteiger partial charge in [0.2, 0.25) is 5.91 Å². The molecular weight excluding hydrogens is 353 g/mol. The molecule has 0 fully saturated rings. The van der Waals surface area contributed by atoms with E-state index in [1.54, 1.807) is 24.3 Å². The summed E-state index contributed by atoms with van der Waals surface area (Å²) in [7, 11) is 0. The molecule has 0 aliphatic rings. The van der Waals surface area contributed by atoms with E-state index in [-0.39, 0.29) is 5.02 Å². The Morgan fingerprint density at radius 3 is 2.42 bits per heavy atom. The zero-order valence-electron chi connectivity index (χ0n) is 9.49. The Labute approximate surface area is 128 Å². The number of rotatable bonds is 3. The number of carbonyl (C=O) groups excluding carboxylic acids is 1. The van der Waals surface area contributed by atoms with Crippen LogP contribution in [0.25, 0.3) is 0 Å². The zero-order valence-corrected chi connectivity index (χ0v) is 12.6. The molecule has 2 rings (SSSR count). The largest absolute Gasteiger partial charge is 0.454 e. The van der Waals surface area contributed by atoms with Crippen LogP contribution in [0, 0.1) is 0 Å². The number of nitrogens with two attached hydrogens (primary N) is 1. The summed E-state index contributed by atoms with van der Waals surface area (Å²) in [6, 6.07) is 9.78. The minimum atomic E-state index is -0.547. The molecule has 0 radical (unpaired) electrons. The molecule has 0 heterocycles. The number of hydrogen-bond donors (Lipinski definition) is 1. The highest BCUT2D eigenvalue weighted by atomic mass is 79.9. The van der Waals surface area contributed by atoms with Gasteiger partial charge in [0.25, 0.3) is 0 Å². The van der Waals surface area contributed by atoms with Crippen LogP contribution < -0.4 is 10.5 Å². The van der Waals surface area contributed by atoms with Crippen molar-refractivity contribution in [2.75, 3.05) is 0 Å². The van der Waals surface area contributed by atoms with Gasteiger partial charge in [-0.1, -0.05) is 39.1 Å². The Balaban J connectivity index is 2.33. The second-order valence-corrected chi connectivity index (χ2v) is 5.42. The van der Waals surface area contributed by atoms with Crippen molar-refractivity contribution >= 4 is 45.0 Å². The summed E-state index contributed by atoms with van der Waals surface area (Å²) < 4.78 is 6.44. The molecule has 19 heavy (non-hydrogen) atoms. The van der Waals surface area contributed by atoms with Gasteiger partial charge < -0.3 is 10.5 Å². The van der Waals surface area contributed by atoms with Gasteiger partial charge in [-0.05, 0) is 36.4 Å². The van der Waals surface area contributed by atoms with Gasteiger partial charge in [-0.25, -0.2) is 0 Å². The van der Waals surface area contributed by atoms with E-state index >= 15 is 0 Å². The van der Waals surface area contributed by atoms with Crippen LogP contribution in [0.4, 0.5) is 0 Å². The molecule has 3 nitrogen and oxygen atoms in total. The Morgan fingerprint density at radius 2 is 1.79 bits per heavy atom. The lowest BCUT2D eigenvalue weighted by atomic mass is 10.2. The Hall–Kier alpha value is -1.23. The fourth-order valence-corrected chi connectivity index (χ4v) is 2.13. The second kappa shape index (κ2) is 5.82. The maximum absolute atomic E-state index is 11.0. The van der Waals surface area contributed by atoms with Crippen LogP contribution in [0.5, 0.6) is 11.5 Å². The van der Waals surface area contributed by atoms with Crippen molar-refractivity contribution in [3.8, 4) is 11.5 Å². The van der Waals surface area contributed by atoms with E-state index in [0.29, 0.717) is 22.1 Å². The smallest absolute Gasteiger partial charge is 0.248 e. The summed E-state index contributed by atoms with van der Waals surface area (Å²) >= 11 is 15.4. The van der Waals surface area contributed by atoms with E-state index in [1.807, 2.05) is 0 Å². The summed E-state index contributed by atoms with van der Waals surface area (Å²) in [5.74, 6) is 0.311. The van der Waals surface area contributed by atoms with Gasteiger partial charge >= 0.3 is 0 Å². The zero-order chi connectivity index (χ0) is 14.0. The van der Waals surface area contributed by atoms with Crippen LogP contribution in [0.3, 0.4) is 0 Å². The average molecular weight is 361 g/mol. The molecule has 0 bridgehead atoms. The van der Waals surface area contributed by atoms with Gasteiger partial charge in [0, 0.05) is 10.0 Å². The fourth-order valence-electron chi connectivity index (χ4n) is 1.41. The van der Waals surface area contributed by atoms with Crippen molar-refractivity contribution in [3.05, 3.63) is 56.5 Å². The van der Waals surface area contributed by atoms with Crippen LogP contribution in [-0.2, 0) is 0 Å². The third-order valence-corrected chi connectivity index (χ3v) is 3.43. The van der Waals surface area contributed by atoms with Crippen LogP contribution in [0.15, 0.2) is 40.9 Å². The fraction of sp³-hybridized carbons (Fsp3) is 0. The average Bonchev–Trinajstić information content (AvgIpc) is 2.36. The highest BCUT2D eigenvalue weighted by Gasteiger charge is 2.09. The number of hydrogen-bond acceptors (Lipinski definition) is 2. The first kappa shape index (κ1) is 14.2. The molecule has 0 atom stereocenters. The molecule has 2 aromatic carbocycles. The minimum Gasteiger partial charge on any atom is -0.454 e. The van der Waals surface area contributed by atoms with E-state index in [9.17, 15) is 4.79 Å². The summed E-state index contributed by atoms with van der Waals surface area (Å²) in [6.07, 6.45) is 0. The molecule has 2 N–H and O–H groups in total. The van der Waals surface area contributed by atoms with Crippen molar-refractivity contribution in [1.82, 2.24) is 0 Å². The normalized spacial score (nSPS) is 10.3. The maximum atomic E-state index is 11.0. The molecule has 1 amide bonds. The lowest BCUT2D eigenvalue weighted by Crippen LogP contribution is -2.10. The maximum Gasteiger partial charge on any atom is 0.248 e. The molecule has 2 aromatic rings. The lowest BCUT2D eigenvalue weighted by molar-refractivity contribution is 0.100. The quantitative estimate of drug-likeness (QED) is 0.866. The van der Waals surface area contributed by atoms with Crippen LogP contribution in [-0.4, -0.2) is 5.91 Å². The van der Waals surface area contributed by atoms with Gasteiger partial charge in [0.15, 0.2) is 0 Å². The Kier molecular flexibility index (Phi) is 4.34. The molecule has 0 aromatic heterocycles. The molecule has 0 aliphatic heterocycles. The highest BCUT2D eigenvalue weighted by molar-refractivity contribution is 9.10. The number of primary amides is 1. The van der Waals surface area contributed by atoms with E-state index in [4.69, 9.17) is 33.7 Å². The first-order valence-electron chi connectivity index (χ1n) is 5.19. The summed E-state index contributed by atoms with van der Waals surface area (Å²) in [6.45, 7) is 0. The molecule has 6 heteroatoms. The summed E-state index contributed by atoms with van der Waals surface area (Å²) in [4.78, 5) is 11.0. The van der Waals surface area contributed by atoms with Crippen molar-refractivity contribution in [2.45, 2.75) is 0 Å². The van der Waals surface area contributed by atoms with Crippen LogP contribution in [0.2, 0.25) is 10.0 Å². The predicted octanol–water partition coefficient (Wildman–Crippen LogP) is 4.65. The van der Waals surface area contributed by atoms with Crippen molar-refractivity contribution < 1.29 is 9.53 Å². The SMILES string of the molecule is NC(=O)c1ccc(Oc2cc(Br)ccc2Cl)c(Cl)c1. The molecule has 0 unspecified atom stereocenters. The highest BCUT2D eigenvalue weighted by Crippen LogP contribution is 2.35. The molecular formula is C13H8BrCl2NO2. The number of ether oxygens (including phenoxy) is 1. The molecule has 0 saturated heterocycles. The van der Waals surface area contributed by atoms with Crippen molar-refractivity contribution in [1.29, 1.82) is 0 Å². The standard InChI is InChI=1S/C13H8BrCl2NO2/c14-8-2-3-9(15)12(6-8)19-11-4-1-7(13(17)18)5-10(11)16/h1-6H,(H2,17,18). The van der Waals surface area contributed by atoms with Gasteiger partial charge in [-0.15, -0.1) is 0 Å². The first-order chi connectivity index (χ1) is 8.97. The van der Waals surface area contributed by atoms with E-state index in [2.05, 4.69) is 15.9 Å². The number of benzene rings is 2. The van der Waals surface area contributed by atoms with Gasteiger partial charge in [-0.2, -0.15) is 0 Å². The van der Waals surface area contributed by atoms with Gasteiger partial charge in [-0.3, -0.25) is 4.79 Å². The molecule has 0 spiro atoms. The molecule has 0 saturated carbocycles. The van der Waals surface area contributed by atoms with Crippen LogP contribution >= 0.6 is 39.1 Å². The van der Waals surface area contributed by atoms with E-state index in [1.165, 1.54) is 12.1 Å². The van der Waals surface area contributed by atoms with Crippen molar-refractivity contribution in [3.63, 3.8) is 0 Å². The topological polar surface area (TPSA) is 52.3 Å². The van der Waals surface area contributed by atoms with Crippen molar-refractivity contribution in [2.24, 2.45) is 5.73 Å². The van der Waals surface area contributed by atoms with Gasteiger partial charge in [0.05, 0.1) is 10.0 Å².